The van der Waals surface area contributed by atoms with Crippen LogP contribution in [0.15, 0.2) is 24.3 Å². The van der Waals surface area contributed by atoms with Crippen LogP contribution in [-0.2, 0) is 6.42 Å². The number of hydrogen-bond acceptors (Lipinski definition) is 1. The first-order valence-electron chi connectivity index (χ1n) is 8.00. The summed E-state index contributed by atoms with van der Waals surface area (Å²) < 4.78 is 33.3. The maximum atomic E-state index is 14.0. The molecule has 0 amide bonds. The maximum Gasteiger partial charge on any atom is 0.200 e. The van der Waals surface area contributed by atoms with Gasteiger partial charge in [-0.3, -0.25) is 0 Å². The molecule has 0 saturated heterocycles. The summed E-state index contributed by atoms with van der Waals surface area (Å²) >= 11 is 0. The van der Waals surface area contributed by atoms with E-state index in [1.807, 2.05) is 0 Å². The zero-order chi connectivity index (χ0) is 14.7. The van der Waals surface area contributed by atoms with Gasteiger partial charge < -0.3 is 4.74 Å². The number of hydrogen-bond donors (Lipinski definition) is 0. The highest BCUT2D eigenvalue weighted by atomic mass is 19.2. The van der Waals surface area contributed by atoms with Gasteiger partial charge >= 0.3 is 0 Å². The number of halogens is 2. The molecule has 2 aliphatic carbocycles. The summed E-state index contributed by atoms with van der Waals surface area (Å²) in [5.41, 5.74) is 0.433. The smallest absolute Gasteiger partial charge is 0.200 e. The zero-order valence-electron chi connectivity index (χ0n) is 12.3. The maximum absolute atomic E-state index is 14.0. The Hall–Kier alpha value is -1.38. The molecule has 0 aromatic heterocycles. The molecule has 3 rings (SSSR count). The van der Waals surface area contributed by atoms with E-state index in [9.17, 15) is 8.78 Å². The van der Waals surface area contributed by atoms with Crippen LogP contribution in [0.1, 0.15) is 44.1 Å². The molecule has 0 heterocycles. The SMILES string of the molecule is Fc1c(CC/C=C/C2CC2)ccc(OCCC2CC2)c1F. The largest absolute Gasteiger partial charge is 0.490 e. The first kappa shape index (κ1) is 14.6. The topological polar surface area (TPSA) is 9.23 Å². The highest BCUT2D eigenvalue weighted by Gasteiger charge is 2.21. The van der Waals surface area contributed by atoms with Crippen molar-refractivity contribution >= 4 is 0 Å². The van der Waals surface area contributed by atoms with Gasteiger partial charge in [0, 0.05) is 0 Å². The minimum atomic E-state index is -0.838. The van der Waals surface area contributed by atoms with E-state index in [-0.39, 0.29) is 5.75 Å². The second-order valence-electron chi connectivity index (χ2n) is 6.24. The van der Waals surface area contributed by atoms with Gasteiger partial charge in [-0.1, -0.05) is 31.1 Å². The van der Waals surface area contributed by atoms with Gasteiger partial charge in [-0.05, 0) is 55.6 Å². The summed E-state index contributed by atoms with van der Waals surface area (Å²) in [4.78, 5) is 0. The van der Waals surface area contributed by atoms with Gasteiger partial charge in [0.05, 0.1) is 6.61 Å². The van der Waals surface area contributed by atoms with E-state index >= 15 is 0 Å². The first-order valence-corrected chi connectivity index (χ1v) is 8.00. The van der Waals surface area contributed by atoms with Crippen molar-refractivity contribution in [3.05, 3.63) is 41.5 Å². The lowest BCUT2D eigenvalue weighted by molar-refractivity contribution is 0.282. The minimum Gasteiger partial charge on any atom is -0.490 e. The van der Waals surface area contributed by atoms with E-state index in [1.54, 1.807) is 12.1 Å². The van der Waals surface area contributed by atoms with Gasteiger partial charge in [-0.25, -0.2) is 4.39 Å². The lowest BCUT2D eigenvalue weighted by Gasteiger charge is -2.09. The predicted octanol–water partition coefficient (Wildman–Crippen LogP) is 5.04. The monoisotopic (exact) mass is 292 g/mol. The van der Waals surface area contributed by atoms with Crippen molar-refractivity contribution in [1.82, 2.24) is 0 Å². The summed E-state index contributed by atoms with van der Waals surface area (Å²) in [6.07, 6.45) is 11.5. The Morgan fingerprint density at radius 3 is 2.62 bits per heavy atom. The van der Waals surface area contributed by atoms with Crippen molar-refractivity contribution in [3.8, 4) is 5.75 Å². The molecule has 2 aliphatic rings. The van der Waals surface area contributed by atoms with Crippen molar-refractivity contribution in [2.24, 2.45) is 11.8 Å². The Balaban J connectivity index is 1.52. The quantitative estimate of drug-likeness (QED) is 0.610. The average Bonchev–Trinajstić information content (AvgIpc) is 3.35. The molecule has 2 fully saturated rings. The third-order valence-electron chi connectivity index (χ3n) is 4.22. The van der Waals surface area contributed by atoms with Crippen LogP contribution < -0.4 is 4.74 Å². The van der Waals surface area contributed by atoms with Crippen molar-refractivity contribution in [1.29, 1.82) is 0 Å². The Bertz CT molecular complexity index is 516. The molecule has 21 heavy (non-hydrogen) atoms. The molecule has 3 heteroatoms. The van der Waals surface area contributed by atoms with Crippen LogP contribution in [0.2, 0.25) is 0 Å². The average molecular weight is 292 g/mol. The minimum absolute atomic E-state index is 0.0467. The van der Waals surface area contributed by atoms with Gasteiger partial charge in [0.15, 0.2) is 11.6 Å². The summed E-state index contributed by atoms with van der Waals surface area (Å²) in [5, 5.41) is 0. The van der Waals surface area contributed by atoms with Gasteiger partial charge in [-0.15, -0.1) is 0 Å². The molecular formula is C18H22F2O. The Morgan fingerprint density at radius 1 is 1.10 bits per heavy atom. The molecule has 0 radical (unpaired) electrons. The summed E-state index contributed by atoms with van der Waals surface area (Å²) in [5.74, 6) is -0.0806. The van der Waals surface area contributed by atoms with E-state index in [0.717, 1.165) is 24.7 Å². The molecule has 0 N–H and O–H groups in total. The molecule has 0 bridgehead atoms. The molecule has 0 unspecified atom stereocenters. The lowest BCUT2D eigenvalue weighted by Crippen LogP contribution is -2.03. The van der Waals surface area contributed by atoms with Crippen LogP contribution >= 0.6 is 0 Å². The molecule has 1 aromatic carbocycles. The van der Waals surface area contributed by atoms with Crippen molar-refractivity contribution in [3.63, 3.8) is 0 Å². The fourth-order valence-corrected chi connectivity index (χ4v) is 2.43. The molecule has 114 valence electrons. The van der Waals surface area contributed by atoms with Crippen molar-refractivity contribution in [2.75, 3.05) is 6.61 Å². The molecule has 1 nitrogen and oxygen atoms in total. The summed E-state index contributed by atoms with van der Waals surface area (Å²) in [7, 11) is 0. The van der Waals surface area contributed by atoms with Gasteiger partial charge in [0.1, 0.15) is 0 Å². The van der Waals surface area contributed by atoms with Crippen LogP contribution in [0, 0.1) is 23.5 Å². The van der Waals surface area contributed by atoms with Crippen LogP contribution in [-0.4, -0.2) is 6.61 Å². The van der Waals surface area contributed by atoms with Gasteiger partial charge in [0.2, 0.25) is 5.82 Å². The third kappa shape index (κ3) is 4.29. The number of benzene rings is 1. The molecule has 2 saturated carbocycles. The molecule has 0 atom stereocenters. The van der Waals surface area contributed by atoms with E-state index in [0.29, 0.717) is 18.6 Å². The fourth-order valence-electron chi connectivity index (χ4n) is 2.43. The Kier molecular flexibility index (Phi) is 4.57. The van der Waals surface area contributed by atoms with E-state index < -0.39 is 11.6 Å². The molecule has 1 aromatic rings. The molecule has 0 aliphatic heterocycles. The second-order valence-corrected chi connectivity index (χ2v) is 6.24. The number of rotatable bonds is 8. The Labute approximate surface area is 125 Å². The van der Waals surface area contributed by atoms with Gasteiger partial charge in [0.25, 0.3) is 0 Å². The summed E-state index contributed by atoms with van der Waals surface area (Å²) in [6, 6.07) is 3.21. The van der Waals surface area contributed by atoms with E-state index in [1.165, 1.54) is 25.7 Å². The molecule has 0 spiro atoms. The fraction of sp³-hybridized carbons (Fsp3) is 0.556. The van der Waals surface area contributed by atoms with Crippen LogP contribution in [0.4, 0.5) is 8.78 Å². The highest BCUT2D eigenvalue weighted by Crippen LogP contribution is 2.33. The van der Waals surface area contributed by atoms with Crippen LogP contribution in [0.25, 0.3) is 0 Å². The lowest BCUT2D eigenvalue weighted by atomic mass is 10.1. The van der Waals surface area contributed by atoms with Crippen molar-refractivity contribution in [2.45, 2.75) is 44.9 Å². The molecular weight excluding hydrogens is 270 g/mol. The highest BCUT2D eigenvalue weighted by molar-refractivity contribution is 5.31. The summed E-state index contributed by atoms with van der Waals surface area (Å²) in [6.45, 7) is 0.477. The third-order valence-corrected chi connectivity index (χ3v) is 4.22. The standard InChI is InChI=1S/C18H22F2O/c19-17-15(4-2-1-3-13-5-6-13)9-10-16(18(17)20)21-12-11-14-7-8-14/h1,3,9-10,13-14H,2,4-8,11-12H2/b3-1+. The number of ether oxygens (including phenoxy) is 1. The first-order chi connectivity index (χ1) is 10.2. The van der Waals surface area contributed by atoms with E-state index in [2.05, 4.69) is 12.2 Å². The second kappa shape index (κ2) is 6.59. The van der Waals surface area contributed by atoms with Crippen molar-refractivity contribution < 1.29 is 13.5 Å². The number of allylic oxidation sites excluding steroid dienone is 2. The normalized spacial score (nSPS) is 18.4. The Morgan fingerprint density at radius 2 is 1.90 bits per heavy atom. The van der Waals surface area contributed by atoms with Gasteiger partial charge in [-0.2, -0.15) is 4.39 Å². The van der Waals surface area contributed by atoms with Crippen LogP contribution in [0.3, 0.4) is 0 Å². The number of aryl methyl sites for hydroxylation is 1. The van der Waals surface area contributed by atoms with E-state index in [4.69, 9.17) is 4.74 Å². The zero-order valence-corrected chi connectivity index (χ0v) is 12.3. The predicted molar refractivity (Wildman–Crippen MR) is 79.4 cm³/mol. The van der Waals surface area contributed by atoms with Crippen LogP contribution in [0.5, 0.6) is 5.75 Å².